The number of amides is 1. The smallest absolute Gasteiger partial charge is 0.241 e. The van der Waals surface area contributed by atoms with Gasteiger partial charge in [0.1, 0.15) is 0 Å². The van der Waals surface area contributed by atoms with Crippen LogP contribution in [0.2, 0.25) is 0 Å². The second-order valence-corrected chi connectivity index (χ2v) is 7.13. The van der Waals surface area contributed by atoms with Gasteiger partial charge < -0.3 is 5.32 Å². The molecule has 122 valence electrons. The summed E-state index contributed by atoms with van der Waals surface area (Å²) in [6, 6.07) is 14.2. The van der Waals surface area contributed by atoms with Crippen LogP contribution in [-0.4, -0.2) is 29.9 Å². The Morgan fingerprint density at radius 2 is 1.74 bits per heavy atom. The molecule has 0 aromatic heterocycles. The van der Waals surface area contributed by atoms with Crippen molar-refractivity contribution in [1.29, 1.82) is 0 Å². The number of rotatable bonds is 3. The largest absolute Gasteiger partial charge is 0.325 e. The number of benzene rings is 2. The minimum atomic E-state index is -0.0910. The van der Waals surface area contributed by atoms with E-state index in [1.807, 2.05) is 31.2 Å². The number of hydrogen-bond donors (Lipinski definition) is 1. The fraction of sp³-hybridized carbons (Fsp3) is 0.450. The summed E-state index contributed by atoms with van der Waals surface area (Å²) < 4.78 is 0. The van der Waals surface area contributed by atoms with Crippen molar-refractivity contribution in [2.45, 2.75) is 33.2 Å². The monoisotopic (exact) mass is 310 g/mol. The molecule has 3 rings (SSSR count). The Labute approximate surface area is 138 Å². The highest BCUT2D eigenvalue weighted by Crippen LogP contribution is 2.24. The SMILES string of the molecule is C[C@@H]1C[C@H](C)CN([C@@H](C)C(=O)Nc2ccc3ccccc3c2)C1. The van der Waals surface area contributed by atoms with E-state index in [0.717, 1.165) is 24.2 Å². The Morgan fingerprint density at radius 3 is 2.43 bits per heavy atom. The van der Waals surface area contributed by atoms with Gasteiger partial charge in [0.2, 0.25) is 5.91 Å². The first-order valence-corrected chi connectivity index (χ1v) is 8.56. The minimum Gasteiger partial charge on any atom is -0.325 e. The fourth-order valence-corrected chi connectivity index (χ4v) is 3.71. The maximum atomic E-state index is 12.6. The zero-order valence-corrected chi connectivity index (χ0v) is 14.3. The Hall–Kier alpha value is -1.87. The molecule has 3 atom stereocenters. The van der Waals surface area contributed by atoms with Crippen LogP contribution in [0.25, 0.3) is 10.8 Å². The van der Waals surface area contributed by atoms with Crippen molar-refractivity contribution in [3.63, 3.8) is 0 Å². The third kappa shape index (κ3) is 3.73. The molecule has 0 bridgehead atoms. The van der Waals surface area contributed by atoms with E-state index in [0.29, 0.717) is 11.8 Å². The Kier molecular flexibility index (Phi) is 4.67. The molecule has 3 heteroatoms. The highest BCUT2D eigenvalue weighted by atomic mass is 16.2. The van der Waals surface area contributed by atoms with Crippen molar-refractivity contribution >= 4 is 22.4 Å². The second kappa shape index (κ2) is 6.71. The first-order chi connectivity index (χ1) is 11.0. The lowest BCUT2D eigenvalue weighted by Crippen LogP contribution is -2.48. The summed E-state index contributed by atoms with van der Waals surface area (Å²) in [6.45, 7) is 8.58. The van der Waals surface area contributed by atoms with E-state index in [2.05, 4.69) is 42.3 Å². The highest BCUT2D eigenvalue weighted by molar-refractivity contribution is 5.97. The van der Waals surface area contributed by atoms with Crippen molar-refractivity contribution in [3.05, 3.63) is 42.5 Å². The van der Waals surface area contributed by atoms with E-state index in [9.17, 15) is 4.79 Å². The molecule has 0 spiro atoms. The van der Waals surface area contributed by atoms with Gasteiger partial charge in [0.15, 0.2) is 0 Å². The Bertz CT molecular complexity index is 687. The minimum absolute atomic E-state index is 0.0848. The van der Waals surface area contributed by atoms with Gasteiger partial charge in [0, 0.05) is 18.8 Å². The number of fused-ring (bicyclic) bond motifs is 1. The van der Waals surface area contributed by atoms with Gasteiger partial charge in [0.25, 0.3) is 0 Å². The lowest BCUT2D eigenvalue weighted by atomic mass is 9.91. The molecule has 3 nitrogen and oxygen atoms in total. The molecule has 1 saturated heterocycles. The average molecular weight is 310 g/mol. The zero-order valence-electron chi connectivity index (χ0n) is 14.3. The van der Waals surface area contributed by atoms with Crippen LogP contribution in [0.1, 0.15) is 27.2 Å². The standard InChI is InChI=1S/C20H26N2O/c1-14-10-15(2)13-22(12-14)16(3)20(23)21-19-9-8-17-6-4-5-7-18(17)11-19/h4-9,11,14-16H,10,12-13H2,1-3H3,(H,21,23)/t14-,15+,16-/m0/s1. The lowest BCUT2D eigenvalue weighted by Gasteiger charge is -2.38. The quantitative estimate of drug-likeness (QED) is 0.924. The van der Waals surface area contributed by atoms with Gasteiger partial charge in [-0.05, 0) is 48.1 Å². The Balaban J connectivity index is 1.69. The van der Waals surface area contributed by atoms with Crippen LogP contribution in [0.4, 0.5) is 5.69 Å². The van der Waals surface area contributed by atoms with Crippen LogP contribution in [0, 0.1) is 11.8 Å². The van der Waals surface area contributed by atoms with Gasteiger partial charge in [-0.15, -0.1) is 0 Å². The maximum absolute atomic E-state index is 12.6. The highest BCUT2D eigenvalue weighted by Gasteiger charge is 2.28. The van der Waals surface area contributed by atoms with Crippen molar-refractivity contribution in [2.75, 3.05) is 18.4 Å². The van der Waals surface area contributed by atoms with E-state index >= 15 is 0 Å². The number of nitrogens with one attached hydrogen (secondary N) is 1. The molecule has 1 fully saturated rings. The summed E-state index contributed by atoms with van der Waals surface area (Å²) in [4.78, 5) is 14.9. The van der Waals surface area contributed by atoms with Crippen molar-refractivity contribution in [2.24, 2.45) is 11.8 Å². The number of anilines is 1. The van der Waals surface area contributed by atoms with Gasteiger partial charge in [-0.1, -0.05) is 44.2 Å². The van der Waals surface area contributed by atoms with Gasteiger partial charge in [0.05, 0.1) is 6.04 Å². The molecule has 1 aliphatic rings. The van der Waals surface area contributed by atoms with Crippen molar-refractivity contribution < 1.29 is 4.79 Å². The third-order valence-corrected chi connectivity index (χ3v) is 4.84. The summed E-state index contributed by atoms with van der Waals surface area (Å²) >= 11 is 0. The van der Waals surface area contributed by atoms with Gasteiger partial charge in [-0.25, -0.2) is 0 Å². The molecule has 1 aliphatic heterocycles. The summed E-state index contributed by atoms with van der Waals surface area (Å²) in [5.74, 6) is 1.41. The summed E-state index contributed by atoms with van der Waals surface area (Å²) in [5.41, 5.74) is 0.874. The number of hydrogen-bond acceptors (Lipinski definition) is 2. The molecule has 23 heavy (non-hydrogen) atoms. The summed E-state index contributed by atoms with van der Waals surface area (Å²) in [6.07, 6.45) is 1.26. The van der Waals surface area contributed by atoms with Crippen LogP contribution >= 0.6 is 0 Å². The third-order valence-electron chi connectivity index (χ3n) is 4.84. The topological polar surface area (TPSA) is 32.3 Å². The molecular weight excluding hydrogens is 284 g/mol. The number of carbonyl (C=O) groups excluding carboxylic acids is 1. The van der Waals surface area contributed by atoms with E-state index in [-0.39, 0.29) is 11.9 Å². The van der Waals surface area contributed by atoms with Gasteiger partial charge in [-0.3, -0.25) is 9.69 Å². The Morgan fingerprint density at radius 1 is 1.09 bits per heavy atom. The molecule has 2 aromatic rings. The number of carbonyl (C=O) groups is 1. The summed E-state index contributed by atoms with van der Waals surface area (Å²) in [7, 11) is 0. The van der Waals surface area contributed by atoms with Crippen LogP contribution in [0.5, 0.6) is 0 Å². The zero-order chi connectivity index (χ0) is 16.4. The van der Waals surface area contributed by atoms with Crippen LogP contribution < -0.4 is 5.32 Å². The maximum Gasteiger partial charge on any atom is 0.241 e. The first-order valence-electron chi connectivity index (χ1n) is 8.56. The van der Waals surface area contributed by atoms with E-state index in [1.54, 1.807) is 0 Å². The van der Waals surface area contributed by atoms with E-state index in [1.165, 1.54) is 11.8 Å². The first kappa shape index (κ1) is 16.0. The fourth-order valence-electron chi connectivity index (χ4n) is 3.71. The van der Waals surface area contributed by atoms with Crippen LogP contribution in [-0.2, 0) is 4.79 Å². The molecule has 1 N–H and O–H groups in total. The lowest BCUT2D eigenvalue weighted by molar-refractivity contribution is -0.121. The predicted octanol–water partition coefficient (Wildman–Crippen LogP) is 4.14. The van der Waals surface area contributed by atoms with Crippen LogP contribution in [0.15, 0.2) is 42.5 Å². The number of nitrogens with zero attached hydrogens (tertiary/aromatic N) is 1. The van der Waals surface area contributed by atoms with Crippen molar-refractivity contribution in [3.8, 4) is 0 Å². The molecule has 0 saturated carbocycles. The van der Waals surface area contributed by atoms with Crippen molar-refractivity contribution in [1.82, 2.24) is 4.90 Å². The average Bonchev–Trinajstić information content (AvgIpc) is 2.53. The summed E-state index contributed by atoms with van der Waals surface area (Å²) in [5, 5.41) is 5.42. The van der Waals surface area contributed by atoms with E-state index in [4.69, 9.17) is 0 Å². The number of piperidine rings is 1. The molecule has 2 aromatic carbocycles. The second-order valence-electron chi connectivity index (χ2n) is 7.13. The van der Waals surface area contributed by atoms with Gasteiger partial charge in [-0.2, -0.15) is 0 Å². The number of likely N-dealkylation sites (tertiary alicyclic amines) is 1. The molecule has 0 unspecified atom stereocenters. The van der Waals surface area contributed by atoms with Crippen LogP contribution in [0.3, 0.4) is 0 Å². The van der Waals surface area contributed by atoms with E-state index < -0.39 is 0 Å². The molecule has 1 amide bonds. The normalized spacial score (nSPS) is 23.6. The van der Waals surface area contributed by atoms with Gasteiger partial charge >= 0.3 is 0 Å². The molecule has 0 aliphatic carbocycles. The molecular formula is C20H26N2O. The molecule has 1 heterocycles. The predicted molar refractivity (Wildman–Crippen MR) is 96.6 cm³/mol. The molecule has 0 radical (unpaired) electrons.